The Morgan fingerprint density at radius 1 is 1.17 bits per heavy atom. The van der Waals surface area contributed by atoms with Gasteiger partial charge < -0.3 is 0 Å². The monoisotopic (exact) mass is 218 g/mol. The Labute approximate surface area is 71.9 Å². The Morgan fingerprint density at radius 3 is 1.58 bits per heavy atom. The smallest absolute Gasteiger partial charge is 0.229 e. The molecule has 0 aromatic rings. The quantitative estimate of drug-likeness (QED) is 0.630. The van der Waals surface area contributed by atoms with Gasteiger partial charge in [-0.2, -0.15) is 8.42 Å². The number of hydrogen-bond donors (Lipinski definition) is 0. The zero-order valence-electron chi connectivity index (χ0n) is 7.03. The molecule has 0 aromatic carbocycles. The van der Waals surface area contributed by atoms with E-state index in [2.05, 4.69) is 0 Å². The van der Waals surface area contributed by atoms with Crippen molar-refractivity contribution < 1.29 is 20.7 Å². The van der Waals surface area contributed by atoms with Gasteiger partial charge in [-0.15, -0.1) is 3.89 Å². The van der Waals surface area contributed by atoms with E-state index in [4.69, 9.17) is 0 Å². The highest BCUT2D eigenvalue weighted by atomic mass is 32.3. The summed E-state index contributed by atoms with van der Waals surface area (Å²) in [7, 11) is -8.30. The van der Waals surface area contributed by atoms with E-state index in [1.54, 1.807) is 0 Å². The zero-order valence-corrected chi connectivity index (χ0v) is 8.67. The lowest BCUT2D eigenvalue weighted by Gasteiger charge is -2.19. The lowest BCUT2D eigenvalue weighted by atomic mass is 10.2. The lowest BCUT2D eigenvalue weighted by molar-refractivity contribution is 0.529. The van der Waals surface area contributed by atoms with Crippen molar-refractivity contribution in [2.24, 2.45) is 0 Å². The van der Waals surface area contributed by atoms with Crippen molar-refractivity contribution in [2.45, 2.75) is 18.6 Å². The lowest BCUT2D eigenvalue weighted by Crippen LogP contribution is -2.37. The summed E-state index contributed by atoms with van der Waals surface area (Å²) < 4.78 is 52.7. The van der Waals surface area contributed by atoms with Gasteiger partial charge in [0.25, 0.3) is 0 Å². The Morgan fingerprint density at radius 2 is 1.50 bits per heavy atom. The highest BCUT2D eigenvalue weighted by Crippen LogP contribution is 2.18. The third kappa shape index (κ3) is 3.48. The van der Waals surface area contributed by atoms with Crippen LogP contribution >= 0.6 is 0 Å². The van der Waals surface area contributed by atoms with Crippen LogP contribution in [0.2, 0.25) is 0 Å². The molecule has 0 radical (unpaired) electrons. The molecule has 0 amide bonds. The van der Waals surface area contributed by atoms with Gasteiger partial charge in [0.1, 0.15) is 0 Å². The fraction of sp³-hybridized carbons (Fsp3) is 1.00. The molecule has 0 rings (SSSR count). The normalized spacial score (nSPS) is 14.7. The average molecular weight is 218 g/mol. The van der Waals surface area contributed by atoms with Gasteiger partial charge in [-0.3, -0.25) is 0 Å². The maximum absolute atomic E-state index is 12.1. The first-order chi connectivity index (χ1) is 4.96. The molecule has 4 nitrogen and oxygen atoms in total. The van der Waals surface area contributed by atoms with Crippen molar-refractivity contribution in [1.82, 2.24) is 0 Å². The first kappa shape index (κ1) is 11.8. The van der Waals surface area contributed by atoms with Gasteiger partial charge in [0.2, 0.25) is 0 Å². The van der Waals surface area contributed by atoms with E-state index < -0.39 is 30.6 Å². The maximum Gasteiger partial charge on any atom is 0.303 e. The molecule has 0 aliphatic carbocycles. The van der Waals surface area contributed by atoms with Crippen LogP contribution in [0.1, 0.15) is 13.8 Å². The largest absolute Gasteiger partial charge is 0.303 e. The van der Waals surface area contributed by atoms with Crippen molar-refractivity contribution in [1.29, 1.82) is 0 Å². The van der Waals surface area contributed by atoms with Gasteiger partial charge in [-0.25, -0.2) is 8.42 Å². The number of sulfone groups is 1. The minimum absolute atomic E-state index is 0.873. The molecule has 0 atom stereocenters. The molecule has 74 valence electrons. The SMILES string of the molecule is CC(C)(CS(=O)(=O)F)S(C)(=O)=O. The van der Waals surface area contributed by atoms with Crippen LogP contribution in [0.4, 0.5) is 3.89 Å². The summed E-state index contributed by atoms with van der Waals surface area (Å²) in [6.45, 7) is 2.33. The van der Waals surface area contributed by atoms with Crippen LogP contribution in [-0.4, -0.2) is 33.6 Å². The summed E-state index contributed by atoms with van der Waals surface area (Å²) in [6, 6.07) is 0. The minimum Gasteiger partial charge on any atom is -0.229 e. The Kier molecular flexibility index (Phi) is 2.91. The van der Waals surface area contributed by atoms with Crippen LogP contribution in [0, 0.1) is 0 Å². The van der Waals surface area contributed by atoms with Crippen molar-refractivity contribution in [3.8, 4) is 0 Å². The van der Waals surface area contributed by atoms with E-state index in [-0.39, 0.29) is 0 Å². The van der Waals surface area contributed by atoms with Crippen molar-refractivity contribution >= 4 is 20.1 Å². The molecular weight excluding hydrogens is 207 g/mol. The van der Waals surface area contributed by atoms with Crippen LogP contribution in [0.25, 0.3) is 0 Å². The van der Waals surface area contributed by atoms with E-state index in [1.807, 2.05) is 0 Å². The molecular formula is C5H11FO4S2. The van der Waals surface area contributed by atoms with Crippen molar-refractivity contribution in [3.63, 3.8) is 0 Å². The topological polar surface area (TPSA) is 68.3 Å². The highest BCUT2D eigenvalue weighted by molar-refractivity contribution is 7.94. The summed E-state index contributed by atoms with van der Waals surface area (Å²) in [5, 5.41) is 0. The second kappa shape index (κ2) is 2.95. The molecule has 12 heavy (non-hydrogen) atoms. The van der Waals surface area contributed by atoms with Gasteiger partial charge in [0, 0.05) is 6.26 Å². The summed E-state index contributed by atoms with van der Waals surface area (Å²) in [4.78, 5) is 0. The molecule has 0 spiro atoms. The van der Waals surface area contributed by atoms with Crippen LogP contribution in [-0.2, 0) is 20.1 Å². The fourth-order valence-corrected chi connectivity index (χ4v) is 2.63. The summed E-state index contributed by atoms with van der Waals surface area (Å²) in [6.07, 6.45) is 0.873. The van der Waals surface area contributed by atoms with E-state index in [1.165, 1.54) is 13.8 Å². The molecule has 0 N–H and O–H groups in total. The molecule has 0 saturated heterocycles. The van der Waals surface area contributed by atoms with Gasteiger partial charge in [-0.05, 0) is 13.8 Å². The van der Waals surface area contributed by atoms with Gasteiger partial charge in [0.15, 0.2) is 9.84 Å². The maximum atomic E-state index is 12.1. The molecule has 0 bridgehead atoms. The Balaban J connectivity index is 4.94. The summed E-state index contributed by atoms with van der Waals surface area (Å²) >= 11 is 0. The molecule has 0 aliphatic rings. The zero-order chi connectivity index (χ0) is 10.2. The van der Waals surface area contributed by atoms with Crippen LogP contribution < -0.4 is 0 Å². The Bertz CT molecular complexity index is 351. The van der Waals surface area contributed by atoms with Gasteiger partial charge >= 0.3 is 10.2 Å². The predicted molar refractivity (Wildman–Crippen MR) is 43.8 cm³/mol. The van der Waals surface area contributed by atoms with E-state index in [9.17, 15) is 20.7 Å². The van der Waals surface area contributed by atoms with E-state index in [0.29, 0.717) is 0 Å². The molecule has 7 heteroatoms. The summed E-state index contributed by atoms with van der Waals surface area (Å²) in [5.41, 5.74) is 0. The highest BCUT2D eigenvalue weighted by Gasteiger charge is 2.35. The first-order valence-corrected chi connectivity index (χ1v) is 6.52. The Hall–Kier alpha value is -0.170. The third-order valence-corrected chi connectivity index (χ3v) is 4.92. The van der Waals surface area contributed by atoms with Crippen LogP contribution in [0.15, 0.2) is 0 Å². The second-order valence-electron chi connectivity index (χ2n) is 3.22. The average Bonchev–Trinajstić information content (AvgIpc) is 1.52. The summed E-state index contributed by atoms with van der Waals surface area (Å²) in [5.74, 6) is -1.00. The number of hydrogen-bond acceptors (Lipinski definition) is 4. The van der Waals surface area contributed by atoms with E-state index in [0.717, 1.165) is 6.26 Å². The van der Waals surface area contributed by atoms with E-state index >= 15 is 0 Å². The van der Waals surface area contributed by atoms with Gasteiger partial charge in [0.05, 0.1) is 10.5 Å². The number of halogens is 1. The number of rotatable bonds is 3. The first-order valence-electron chi connectivity index (χ1n) is 3.08. The molecule has 0 unspecified atom stereocenters. The third-order valence-electron chi connectivity index (χ3n) is 1.52. The standard InChI is InChI=1S/C5H11FO4S2/c1-5(2,11(3,7)8)4-12(6,9)10/h4H2,1-3H3. The van der Waals surface area contributed by atoms with Crippen LogP contribution in [0.5, 0.6) is 0 Å². The van der Waals surface area contributed by atoms with Crippen LogP contribution in [0.3, 0.4) is 0 Å². The van der Waals surface area contributed by atoms with Crippen molar-refractivity contribution in [3.05, 3.63) is 0 Å². The molecule has 0 heterocycles. The second-order valence-corrected chi connectivity index (χ2v) is 7.23. The van der Waals surface area contributed by atoms with Crippen molar-refractivity contribution in [2.75, 3.05) is 12.0 Å². The molecule has 0 aromatic heterocycles. The van der Waals surface area contributed by atoms with Gasteiger partial charge in [-0.1, -0.05) is 0 Å². The molecule has 0 fully saturated rings. The minimum atomic E-state index is -4.74. The molecule has 0 aliphatic heterocycles. The molecule has 0 saturated carbocycles. The fourth-order valence-electron chi connectivity index (χ4n) is 0.522. The predicted octanol–water partition coefficient (Wildman–Crippen LogP) is 0.109.